The molecule has 4 aromatic rings. The van der Waals surface area contributed by atoms with Crippen molar-refractivity contribution in [3.05, 3.63) is 48.3 Å². The molecule has 0 aliphatic carbocycles. The maximum atomic E-state index is 10.4. The van der Waals surface area contributed by atoms with Crippen LogP contribution in [0, 0.1) is 6.92 Å². The lowest BCUT2D eigenvalue weighted by Crippen LogP contribution is -2.20. The Balaban J connectivity index is 1.95. The van der Waals surface area contributed by atoms with Gasteiger partial charge in [-0.25, -0.2) is 0 Å². The van der Waals surface area contributed by atoms with Crippen molar-refractivity contribution in [1.82, 2.24) is 0 Å². The molecule has 0 amide bonds. The molecule has 25 heavy (non-hydrogen) atoms. The van der Waals surface area contributed by atoms with Gasteiger partial charge in [0.15, 0.2) is 23.9 Å². The zero-order valence-electron chi connectivity index (χ0n) is 13.9. The summed E-state index contributed by atoms with van der Waals surface area (Å²) < 4.78 is 18.6. The van der Waals surface area contributed by atoms with Gasteiger partial charge in [0.2, 0.25) is 12.3 Å². The Labute approximate surface area is 143 Å². The molecule has 1 N–H and O–H groups in total. The van der Waals surface area contributed by atoms with E-state index in [1.807, 2.05) is 48.0 Å². The van der Waals surface area contributed by atoms with Crippen LogP contribution in [0.4, 0.5) is 0 Å². The van der Waals surface area contributed by atoms with Crippen LogP contribution in [0.3, 0.4) is 0 Å². The van der Waals surface area contributed by atoms with Gasteiger partial charge in [-0.05, 0) is 36.1 Å². The highest BCUT2D eigenvalue weighted by Gasteiger charge is 2.20. The second-order valence-corrected chi connectivity index (χ2v) is 6.25. The van der Waals surface area contributed by atoms with Crippen molar-refractivity contribution >= 4 is 27.1 Å². The fourth-order valence-corrected chi connectivity index (χ4v) is 3.61. The molecule has 0 atom stereocenters. The number of aryl methyl sites for hydroxylation is 1. The zero-order valence-corrected chi connectivity index (χ0v) is 13.9. The number of aromatic hydroxyl groups is 1. The van der Waals surface area contributed by atoms with Gasteiger partial charge >= 0.3 is 0 Å². The highest BCUT2D eigenvalue weighted by Crippen LogP contribution is 2.39. The second-order valence-electron chi connectivity index (χ2n) is 6.25. The molecule has 1 aliphatic rings. The third-order valence-electron chi connectivity index (χ3n) is 4.79. The van der Waals surface area contributed by atoms with Gasteiger partial charge in [0, 0.05) is 17.5 Å². The van der Waals surface area contributed by atoms with Crippen LogP contribution in [-0.4, -0.2) is 19.0 Å². The van der Waals surface area contributed by atoms with Gasteiger partial charge in [0.25, 0.3) is 0 Å². The number of fused-ring (bicyclic) bond motifs is 5. The molecule has 0 radical (unpaired) electrons. The van der Waals surface area contributed by atoms with Crippen LogP contribution in [0.25, 0.3) is 27.1 Å². The topological polar surface area (TPSA) is 52.0 Å². The molecule has 2 aromatic heterocycles. The third-order valence-corrected chi connectivity index (χ3v) is 4.79. The first kappa shape index (κ1) is 14.2. The predicted molar refractivity (Wildman–Crippen MR) is 93.7 cm³/mol. The summed E-state index contributed by atoms with van der Waals surface area (Å²) in [6.07, 6.45) is 3.90. The molecule has 0 unspecified atom stereocenters. The molecule has 0 saturated heterocycles. The molecule has 0 bridgehead atoms. The molecule has 5 rings (SSSR count). The number of phenols is 1. The monoisotopic (exact) mass is 334 g/mol. The van der Waals surface area contributed by atoms with E-state index in [0.29, 0.717) is 0 Å². The molecular formula is C20H16NO4+. The smallest absolute Gasteiger partial charge is 0.231 e. The maximum absolute atomic E-state index is 10.4. The molecule has 3 heterocycles. The fraction of sp³-hybridized carbons (Fsp3) is 0.150. The molecule has 0 fully saturated rings. The van der Waals surface area contributed by atoms with Crippen LogP contribution in [0.5, 0.6) is 23.0 Å². The van der Waals surface area contributed by atoms with Crippen molar-refractivity contribution in [2.75, 3.05) is 13.9 Å². The Morgan fingerprint density at radius 3 is 2.64 bits per heavy atom. The average Bonchev–Trinajstić information content (AvgIpc) is 3.06. The first-order valence-electron chi connectivity index (χ1n) is 8.03. The van der Waals surface area contributed by atoms with E-state index in [4.69, 9.17) is 14.2 Å². The summed E-state index contributed by atoms with van der Waals surface area (Å²) in [6, 6.07) is 9.80. The van der Waals surface area contributed by atoms with Crippen molar-refractivity contribution in [2.45, 2.75) is 6.92 Å². The molecular weight excluding hydrogens is 318 g/mol. The first-order chi connectivity index (χ1) is 12.2. The lowest BCUT2D eigenvalue weighted by atomic mass is 10.0. The number of hydrogen-bond donors (Lipinski definition) is 1. The summed E-state index contributed by atoms with van der Waals surface area (Å²) in [4.78, 5) is 0. The van der Waals surface area contributed by atoms with Crippen LogP contribution in [0.2, 0.25) is 0 Å². The number of phenolic OH excluding ortho intramolecular Hbond substituents is 1. The van der Waals surface area contributed by atoms with E-state index in [1.54, 1.807) is 13.2 Å². The van der Waals surface area contributed by atoms with Crippen molar-refractivity contribution in [2.24, 2.45) is 0 Å². The van der Waals surface area contributed by atoms with E-state index in [0.717, 1.165) is 49.9 Å². The van der Waals surface area contributed by atoms with Gasteiger partial charge < -0.3 is 19.3 Å². The van der Waals surface area contributed by atoms with Gasteiger partial charge in [0.05, 0.1) is 17.9 Å². The molecule has 124 valence electrons. The highest BCUT2D eigenvalue weighted by atomic mass is 16.7. The third kappa shape index (κ3) is 1.92. The minimum absolute atomic E-state index is 0.244. The number of rotatable bonds is 1. The quantitative estimate of drug-likeness (QED) is 0.329. The van der Waals surface area contributed by atoms with Crippen LogP contribution in [0.15, 0.2) is 42.7 Å². The van der Waals surface area contributed by atoms with Crippen LogP contribution in [0.1, 0.15) is 5.56 Å². The summed E-state index contributed by atoms with van der Waals surface area (Å²) in [5, 5.41) is 14.1. The largest absolute Gasteiger partial charge is 0.507 e. The SMILES string of the molecule is COc1c(C)cc(O)c2c[n+]3ccc4cc5c(cc4c3cc12)OCO5. The first-order valence-corrected chi connectivity index (χ1v) is 8.03. The van der Waals surface area contributed by atoms with Gasteiger partial charge in [-0.1, -0.05) is 0 Å². The van der Waals surface area contributed by atoms with E-state index >= 15 is 0 Å². The second kappa shape index (κ2) is 4.89. The van der Waals surface area contributed by atoms with E-state index in [-0.39, 0.29) is 12.5 Å². The number of pyridine rings is 2. The van der Waals surface area contributed by atoms with Gasteiger partial charge in [0.1, 0.15) is 11.5 Å². The maximum Gasteiger partial charge on any atom is 0.231 e. The lowest BCUT2D eigenvalue weighted by molar-refractivity contribution is -0.509. The van der Waals surface area contributed by atoms with Gasteiger partial charge in [-0.2, -0.15) is 4.40 Å². The number of methoxy groups -OCH3 is 1. The van der Waals surface area contributed by atoms with Crippen LogP contribution >= 0.6 is 0 Å². The predicted octanol–water partition coefficient (Wildman–Crippen LogP) is 3.48. The normalized spacial score (nSPS) is 13.0. The van der Waals surface area contributed by atoms with Crippen LogP contribution < -0.4 is 18.6 Å². The number of ether oxygens (including phenoxy) is 3. The van der Waals surface area contributed by atoms with E-state index in [9.17, 15) is 5.11 Å². The number of nitrogens with zero attached hydrogens (tertiary/aromatic N) is 1. The molecule has 0 saturated carbocycles. The highest BCUT2D eigenvalue weighted by molar-refractivity contribution is 6.01. The Morgan fingerprint density at radius 2 is 1.84 bits per heavy atom. The number of aromatic nitrogens is 1. The van der Waals surface area contributed by atoms with Crippen molar-refractivity contribution in [1.29, 1.82) is 0 Å². The standard InChI is InChI=1S/C20H15NO4/c1-11-5-17(22)15-9-21-4-3-12-6-18-19(25-10-24-18)8-13(12)16(21)7-14(15)20(11)23-2/h3-9H,10H2,1-2H3/p+1. The molecule has 2 aromatic carbocycles. The van der Waals surface area contributed by atoms with Crippen molar-refractivity contribution < 1.29 is 23.7 Å². The van der Waals surface area contributed by atoms with E-state index in [2.05, 4.69) is 0 Å². The summed E-state index contributed by atoms with van der Waals surface area (Å²) in [7, 11) is 1.65. The van der Waals surface area contributed by atoms with Crippen molar-refractivity contribution in [3.63, 3.8) is 0 Å². The van der Waals surface area contributed by atoms with E-state index in [1.165, 1.54) is 0 Å². The summed E-state index contributed by atoms with van der Waals surface area (Å²) in [5.74, 6) is 2.53. The molecule has 5 heteroatoms. The Kier molecular flexibility index (Phi) is 2.77. The average molecular weight is 334 g/mol. The lowest BCUT2D eigenvalue weighted by Gasteiger charge is -2.10. The molecule has 1 aliphatic heterocycles. The zero-order chi connectivity index (χ0) is 17.1. The minimum Gasteiger partial charge on any atom is -0.507 e. The summed E-state index contributed by atoms with van der Waals surface area (Å²) in [6.45, 7) is 2.18. The molecule has 5 nitrogen and oxygen atoms in total. The number of hydrogen-bond acceptors (Lipinski definition) is 4. The van der Waals surface area contributed by atoms with Crippen LogP contribution in [-0.2, 0) is 0 Å². The minimum atomic E-state index is 0.244. The Bertz CT molecular complexity index is 1180. The Hall–Kier alpha value is -3.21. The van der Waals surface area contributed by atoms with Gasteiger partial charge in [-0.15, -0.1) is 0 Å². The Morgan fingerprint density at radius 1 is 1.04 bits per heavy atom. The van der Waals surface area contributed by atoms with E-state index < -0.39 is 0 Å². The fourth-order valence-electron chi connectivity index (χ4n) is 3.61. The summed E-state index contributed by atoms with van der Waals surface area (Å²) >= 11 is 0. The van der Waals surface area contributed by atoms with Crippen molar-refractivity contribution in [3.8, 4) is 23.0 Å². The number of benzene rings is 2. The molecule has 0 spiro atoms. The summed E-state index contributed by atoms with van der Waals surface area (Å²) in [5.41, 5.74) is 1.90. The van der Waals surface area contributed by atoms with Gasteiger partial charge in [-0.3, -0.25) is 0 Å².